The van der Waals surface area contributed by atoms with Gasteiger partial charge in [-0.15, -0.1) is 5.10 Å². The number of hydrogen-bond acceptors (Lipinski definition) is 6. The molecule has 0 amide bonds. The molecule has 0 saturated heterocycles. The zero-order valence-electron chi connectivity index (χ0n) is 13.4. The smallest absolute Gasteiger partial charge is 0.250 e. The van der Waals surface area contributed by atoms with Crippen molar-refractivity contribution in [3.8, 4) is 11.5 Å². The van der Waals surface area contributed by atoms with E-state index < -0.39 is 23.3 Å². The number of rotatable bonds is 5. The maximum absolute atomic E-state index is 13.6. The highest BCUT2D eigenvalue weighted by molar-refractivity contribution is 5.98. The van der Waals surface area contributed by atoms with Crippen LogP contribution in [0.5, 0.6) is 0 Å². The van der Waals surface area contributed by atoms with E-state index in [1.165, 1.54) is 0 Å². The highest BCUT2D eigenvalue weighted by atomic mass is 19.1. The molecule has 2 heterocycles. The third-order valence-electron chi connectivity index (χ3n) is 3.56. The lowest BCUT2D eigenvalue weighted by Crippen LogP contribution is -2.17. The molecular weight excluding hydrogens is 344 g/mol. The Morgan fingerprint density at radius 3 is 2.62 bits per heavy atom. The van der Waals surface area contributed by atoms with Crippen LogP contribution in [0.15, 0.2) is 42.6 Å². The van der Waals surface area contributed by atoms with Gasteiger partial charge < -0.3 is 5.73 Å². The fraction of sp³-hybridized carbons (Fsp3) is 0.118. The molecule has 132 valence electrons. The standard InChI is InChI=1S/C17H13F2N5O2/c18-10-4-5-11(12(19)9-10)14(25)6-7-15(26)24-17(20)22-16(23-24)13-3-1-2-8-21-13/h1-5,8-9H,6-7H2,(H2,20,22,23). The van der Waals surface area contributed by atoms with Gasteiger partial charge in [0.15, 0.2) is 5.78 Å². The Labute approximate surface area is 146 Å². The first-order valence-corrected chi connectivity index (χ1v) is 7.61. The molecule has 2 N–H and O–H groups in total. The summed E-state index contributed by atoms with van der Waals surface area (Å²) in [4.78, 5) is 32.3. The Kier molecular flexibility index (Phi) is 4.78. The number of carbonyl (C=O) groups is 2. The van der Waals surface area contributed by atoms with Gasteiger partial charge in [0, 0.05) is 25.1 Å². The van der Waals surface area contributed by atoms with E-state index >= 15 is 0 Å². The molecule has 0 spiro atoms. The number of benzene rings is 1. The zero-order chi connectivity index (χ0) is 18.7. The number of anilines is 1. The summed E-state index contributed by atoms with van der Waals surface area (Å²) in [7, 11) is 0. The Balaban J connectivity index is 1.71. The third kappa shape index (κ3) is 3.61. The van der Waals surface area contributed by atoms with Crippen molar-refractivity contribution in [2.45, 2.75) is 12.8 Å². The van der Waals surface area contributed by atoms with Crippen molar-refractivity contribution in [1.82, 2.24) is 19.7 Å². The maximum Gasteiger partial charge on any atom is 0.250 e. The number of hydrogen-bond donors (Lipinski definition) is 1. The summed E-state index contributed by atoms with van der Waals surface area (Å²) < 4.78 is 27.4. The van der Waals surface area contributed by atoms with Crippen molar-refractivity contribution >= 4 is 17.6 Å². The molecule has 0 bridgehead atoms. The van der Waals surface area contributed by atoms with Gasteiger partial charge in [-0.05, 0) is 24.3 Å². The predicted octanol–water partition coefficient (Wildman–Crippen LogP) is 2.50. The van der Waals surface area contributed by atoms with Gasteiger partial charge in [0.1, 0.15) is 17.3 Å². The molecule has 0 aliphatic heterocycles. The van der Waals surface area contributed by atoms with Crippen molar-refractivity contribution in [2.75, 3.05) is 5.73 Å². The normalized spacial score (nSPS) is 10.7. The van der Waals surface area contributed by atoms with Crippen LogP contribution in [-0.4, -0.2) is 31.4 Å². The molecular formula is C17H13F2N5O2. The van der Waals surface area contributed by atoms with Gasteiger partial charge >= 0.3 is 0 Å². The molecule has 0 atom stereocenters. The first kappa shape index (κ1) is 17.3. The van der Waals surface area contributed by atoms with Crippen LogP contribution in [0.3, 0.4) is 0 Å². The van der Waals surface area contributed by atoms with Gasteiger partial charge in [-0.25, -0.2) is 8.78 Å². The van der Waals surface area contributed by atoms with Crippen LogP contribution in [0, 0.1) is 11.6 Å². The molecule has 3 aromatic rings. The summed E-state index contributed by atoms with van der Waals surface area (Å²) >= 11 is 0. The SMILES string of the molecule is Nc1nc(-c2ccccn2)nn1C(=O)CCC(=O)c1ccc(F)cc1F. The van der Waals surface area contributed by atoms with Crippen molar-refractivity contribution < 1.29 is 18.4 Å². The Morgan fingerprint density at radius 2 is 1.92 bits per heavy atom. The molecule has 0 unspecified atom stereocenters. The monoisotopic (exact) mass is 357 g/mol. The predicted molar refractivity (Wildman–Crippen MR) is 88.2 cm³/mol. The number of aromatic nitrogens is 4. The quantitative estimate of drug-likeness (QED) is 0.704. The van der Waals surface area contributed by atoms with Crippen molar-refractivity contribution in [2.24, 2.45) is 0 Å². The van der Waals surface area contributed by atoms with E-state index in [1.807, 2.05) is 0 Å². The number of nitrogen functional groups attached to an aromatic ring is 1. The van der Waals surface area contributed by atoms with E-state index in [4.69, 9.17) is 5.73 Å². The first-order valence-electron chi connectivity index (χ1n) is 7.61. The minimum atomic E-state index is -0.972. The fourth-order valence-electron chi connectivity index (χ4n) is 2.29. The largest absolute Gasteiger partial charge is 0.368 e. The summed E-state index contributed by atoms with van der Waals surface area (Å²) in [6.45, 7) is 0. The second-order valence-corrected chi connectivity index (χ2v) is 5.36. The molecule has 9 heteroatoms. The number of nitrogens with two attached hydrogens (primary N) is 1. The van der Waals surface area contributed by atoms with E-state index in [9.17, 15) is 18.4 Å². The minimum Gasteiger partial charge on any atom is -0.368 e. The number of pyridine rings is 1. The Hall–Kier alpha value is -3.49. The highest BCUT2D eigenvalue weighted by Gasteiger charge is 2.18. The van der Waals surface area contributed by atoms with Crippen molar-refractivity contribution in [3.05, 3.63) is 59.8 Å². The number of ketones is 1. The van der Waals surface area contributed by atoms with Crippen LogP contribution in [0.1, 0.15) is 28.0 Å². The molecule has 7 nitrogen and oxygen atoms in total. The number of nitrogens with zero attached hydrogens (tertiary/aromatic N) is 4. The lowest BCUT2D eigenvalue weighted by atomic mass is 10.1. The van der Waals surface area contributed by atoms with E-state index in [0.29, 0.717) is 11.8 Å². The average Bonchev–Trinajstić information content (AvgIpc) is 3.02. The molecule has 26 heavy (non-hydrogen) atoms. The second-order valence-electron chi connectivity index (χ2n) is 5.36. The van der Waals surface area contributed by atoms with Crippen LogP contribution in [-0.2, 0) is 0 Å². The summed E-state index contributed by atoms with van der Waals surface area (Å²) in [6, 6.07) is 7.74. The Morgan fingerprint density at radius 1 is 1.12 bits per heavy atom. The average molecular weight is 357 g/mol. The van der Waals surface area contributed by atoms with E-state index in [-0.39, 0.29) is 30.2 Å². The van der Waals surface area contributed by atoms with Gasteiger partial charge in [-0.2, -0.15) is 9.67 Å². The molecule has 0 aliphatic rings. The maximum atomic E-state index is 13.6. The van der Waals surface area contributed by atoms with Crippen LogP contribution < -0.4 is 5.73 Å². The summed E-state index contributed by atoms with van der Waals surface area (Å²) in [5.74, 6) is -2.93. The summed E-state index contributed by atoms with van der Waals surface area (Å²) in [5.41, 5.74) is 5.85. The zero-order valence-corrected chi connectivity index (χ0v) is 13.4. The first-order chi connectivity index (χ1) is 12.5. The molecule has 0 radical (unpaired) electrons. The van der Waals surface area contributed by atoms with Gasteiger partial charge in [0.25, 0.3) is 5.91 Å². The van der Waals surface area contributed by atoms with Crippen molar-refractivity contribution in [3.63, 3.8) is 0 Å². The molecule has 3 rings (SSSR count). The molecule has 2 aromatic heterocycles. The minimum absolute atomic E-state index is 0.143. The number of carbonyl (C=O) groups excluding carboxylic acids is 2. The van der Waals surface area contributed by atoms with E-state index in [0.717, 1.165) is 16.8 Å². The second kappa shape index (κ2) is 7.18. The van der Waals surface area contributed by atoms with Gasteiger partial charge in [0.05, 0.1) is 5.56 Å². The molecule has 0 saturated carbocycles. The van der Waals surface area contributed by atoms with Gasteiger partial charge in [-0.1, -0.05) is 6.07 Å². The topological polar surface area (TPSA) is 104 Å². The molecule has 0 aliphatic carbocycles. The number of halogens is 2. The van der Waals surface area contributed by atoms with Crippen LogP contribution in [0.25, 0.3) is 11.5 Å². The van der Waals surface area contributed by atoms with Crippen molar-refractivity contribution in [1.29, 1.82) is 0 Å². The van der Waals surface area contributed by atoms with E-state index in [2.05, 4.69) is 15.1 Å². The van der Waals surface area contributed by atoms with Crippen LogP contribution in [0.2, 0.25) is 0 Å². The summed E-state index contributed by atoms with van der Waals surface area (Å²) in [5, 5.41) is 3.99. The fourth-order valence-corrected chi connectivity index (χ4v) is 2.29. The highest BCUT2D eigenvalue weighted by Crippen LogP contribution is 2.16. The lowest BCUT2D eigenvalue weighted by molar-refractivity contribution is 0.0853. The van der Waals surface area contributed by atoms with Crippen LogP contribution in [0.4, 0.5) is 14.7 Å². The Bertz CT molecular complexity index is 973. The van der Waals surface area contributed by atoms with E-state index in [1.54, 1.807) is 24.4 Å². The lowest BCUT2D eigenvalue weighted by Gasteiger charge is -2.03. The van der Waals surface area contributed by atoms with Crippen LogP contribution >= 0.6 is 0 Å². The third-order valence-corrected chi connectivity index (χ3v) is 3.56. The summed E-state index contributed by atoms with van der Waals surface area (Å²) in [6.07, 6.45) is 1.01. The van der Waals surface area contributed by atoms with Gasteiger partial charge in [-0.3, -0.25) is 14.6 Å². The van der Waals surface area contributed by atoms with Gasteiger partial charge in [0.2, 0.25) is 11.8 Å². The number of Topliss-reactive ketones (excluding diaryl/α,β-unsaturated/α-hetero) is 1. The molecule has 1 aromatic carbocycles. The molecule has 0 fully saturated rings.